The van der Waals surface area contributed by atoms with Crippen LogP contribution in [0.15, 0.2) is 18.2 Å². The first-order valence-corrected chi connectivity index (χ1v) is 8.68. The number of carboxylic acid groups (broad SMARTS) is 1. The van der Waals surface area contributed by atoms with Crippen LogP contribution in [0, 0.1) is 11.8 Å². The maximum absolute atomic E-state index is 11.3. The molecular weight excluding hydrogens is 276 g/mol. The summed E-state index contributed by atoms with van der Waals surface area (Å²) in [6.45, 7) is 0.835. The monoisotopic (exact) mass is 300 g/mol. The lowest BCUT2D eigenvalue weighted by atomic mass is 9.90. The zero-order valence-electron chi connectivity index (χ0n) is 13.0. The van der Waals surface area contributed by atoms with E-state index in [4.69, 9.17) is 4.74 Å². The van der Waals surface area contributed by atoms with Gasteiger partial charge in [-0.3, -0.25) is 4.79 Å². The molecule has 0 radical (unpaired) electrons. The highest BCUT2D eigenvalue weighted by Crippen LogP contribution is 2.61. The van der Waals surface area contributed by atoms with Gasteiger partial charge in [0.25, 0.3) is 0 Å². The van der Waals surface area contributed by atoms with Crippen LogP contribution in [0.5, 0.6) is 5.75 Å². The molecule has 0 bridgehead atoms. The minimum absolute atomic E-state index is 0.0525. The van der Waals surface area contributed by atoms with Crippen molar-refractivity contribution in [2.75, 3.05) is 6.61 Å². The molecule has 1 aromatic rings. The van der Waals surface area contributed by atoms with Crippen LogP contribution in [-0.2, 0) is 16.6 Å². The molecule has 3 nitrogen and oxygen atoms in total. The van der Waals surface area contributed by atoms with E-state index in [0.29, 0.717) is 5.92 Å². The Kier molecular flexibility index (Phi) is 3.39. The zero-order chi connectivity index (χ0) is 15.2. The Morgan fingerprint density at radius 3 is 2.82 bits per heavy atom. The summed E-state index contributed by atoms with van der Waals surface area (Å²) in [5.41, 5.74) is 2.53. The second kappa shape index (κ2) is 5.29. The fourth-order valence-electron chi connectivity index (χ4n) is 4.62. The Bertz CT molecular complexity index is 588. The molecule has 1 spiro atoms. The Hall–Kier alpha value is -1.51. The summed E-state index contributed by atoms with van der Waals surface area (Å²) < 4.78 is 6.02. The van der Waals surface area contributed by atoms with E-state index in [1.807, 2.05) is 6.07 Å². The van der Waals surface area contributed by atoms with Crippen molar-refractivity contribution in [1.29, 1.82) is 0 Å². The summed E-state index contributed by atoms with van der Waals surface area (Å²) in [4.78, 5) is 11.3. The van der Waals surface area contributed by atoms with Crippen molar-refractivity contribution in [1.82, 2.24) is 0 Å². The first kappa shape index (κ1) is 14.1. The second-order valence-corrected chi connectivity index (χ2v) is 7.39. The van der Waals surface area contributed by atoms with Gasteiger partial charge in [-0.15, -0.1) is 0 Å². The molecule has 1 N–H and O–H groups in total. The van der Waals surface area contributed by atoms with Gasteiger partial charge in [-0.2, -0.15) is 0 Å². The summed E-state index contributed by atoms with van der Waals surface area (Å²) in [5, 5.41) is 9.26. The molecule has 2 fully saturated rings. The molecule has 4 rings (SSSR count). The maximum atomic E-state index is 11.3. The Morgan fingerprint density at radius 1 is 1.27 bits per heavy atom. The van der Waals surface area contributed by atoms with E-state index in [-0.39, 0.29) is 11.3 Å². The fraction of sp³-hybridized carbons (Fsp3) is 0.632. The molecule has 22 heavy (non-hydrogen) atoms. The molecule has 0 heterocycles. The highest BCUT2D eigenvalue weighted by Gasteiger charge is 2.61. The van der Waals surface area contributed by atoms with Gasteiger partial charge < -0.3 is 9.84 Å². The van der Waals surface area contributed by atoms with Crippen molar-refractivity contribution in [3.8, 4) is 5.75 Å². The average Bonchev–Trinajstić information content (AvgIpc) is 3.17. The van der Waals surface area contributed by atoms with E-state index in [1.165, 1.54) is 43.2 Å². The SMILES string of the molecule is O=C(O)C1CC12CCc1cc(OCC3CCCCC3)ccc12. The number of aryl methyl sites for hydroxylation is 1. The third-order valence-corrected chi connectivity index (χ3v) is 6.04. The highest BCUT2D eigenvalue weighted by molar-refractivity contribution is 5.78. The Morgan fingerprint density at radius 2 is 2.09 bits per heavy atom. The van der Waals surface area contributed by atoms with Gasteiger partial charge in [0, 0.05) is 5.41 Å². The molecule has 3 aliphatic rings. The van der Waals surface area contributed by atoms with Crippen LogP contribution in [0.2, 0.25) is 0 Å². The first-order chi connectivity index (χ1) is 10.7. The lowest BCUT2D eigenvalue weighted by Gasteiger charge is -2.22. The quantitative estimate of drug-likeness (QED) is 0.916. The topological polar surface area (TPSA) is 46.5 Å². The Balaban J connectivity index is 1.44. The molecule has 2 saturated carbocycles. The van der Waals surface area contributed by atoms with Gasteiger partial charge in [0.2, 0.25) is 0 Å². The van der Waals surface area contributed by atoms with Crippen molar-refractivity contribution < 1.29 is 14.6 Å². The van der Waals surface area contributed by atoms with Gasteiger partial charge in [0.05, 0.1) is 12.5 Å². The number of hydrogen-bond acceptors (Lipinski definition) is 2. The smallest absolute Gasteiger partial charge is 0.307 e. The summed E-state index contributed by atoms with van der Waals surface area (Å²) in [7, 11) is 0. The lowest BCUT2D eigenvalue weighted by Crippen LogP contribution is -2.15. The predicted molar refractivity (Wildman–Crippen MR) is 84.3 cm³/mol. The molecule has 3 heteroatoms. The number of ether oxygens (including phenoxy) is 1. The third kappa shape index (κ3) is 2.31. The largest absolute Gasteiger partial charge is 0.493 e. The van der Waals surface area contributed by atoms with Crippen LogP contribution >= 0.6 is 0 Å². The second-order valence-electron chi connectivity index (χ2n) is 7.39. The predicted octanol–water partition coefficient (Wildman–Crippen LogP) is 3.93. The normalized spacial score (nSPS) is 30.3. The zero-order valence-corrected chi connectivity index (χ0v) is 13.0. The van der Waals surface area contributed by atoms with E-state index in [1.54, 1.807) is 0 Å². The molecule has 0 amide bonds. The van der Waals surface area contributed by atoms with Gasteiger partial charge >= 0.3 is 5.97 Å². The van der Waals surface area contributed by atoms with Gasteiger partial charge in [0.15, 0.2) is 0 Å². The van der Waals surface area contributed by atoms with Crippen LogP contribution in [0.3, 0.4) is 0 Å². The summed E-state index contributed by atoms with van der Waals surface area (Å²) in [5.74, 6) is 0.885. The minimum atomic E-state index is -0.634. The van der Waals surface area contributed by atoms with Crippen LogP contribution in [-0.4, -0.2) is 17.7 Å². The minimum Gasteiger partial charge on any atom is -0.493 e. The van der Waals surface area contributed by atoms with Crippen LogP contribution in [0.1, 0.15) is 56.1 Å². The van der Waals surface area contributed by atoms with Crippen molar-refractivity contribution in [2.24, 2.45) is 11.8 Å². The van der Waals surface area contributed by atoms with E-state index in [2.05, 4.69) is 12.1 Å². The number of carboxylic acids is 1. The molecule has 0 saturated heterocycles. The number of carbonyl (C=O) groups is 1. The summed E-state index contributed by atoms with van der Waals surface area (Å²) >= 11 is 0. The summed E-state index contributed by atoms with van der Waals surface area (Å²) in [6, 6.07) is 6.33. The van der Waals surface area contributed by atoms with Crippen LogP contribution in [0.4, 0.5) is 0 Å². The van der Waals surface area contributed by atoms with Crippen LogP contribution in [0.25, 0.3) is 0 Å². The Labute approximate surface area is 131 Å². The molecule has 1 aromatic carbocycles. The van der Waals surface area contributed by atoms with E-state index < -0.39 is 5.97 Å². The first-order valence-electron chi connectivity index (χ1n) is 8.68. The number of rotatable bonds is 4. The number of fused-ring (bicyclic) bond motifs is 2. The molecule has 3 aliphatic carbocycles. The van der Waals surface area contributed by atoms with Crippen molar-refractivity contribution in [2.45, 2.75) is 56.8 Å². The maximum Gasteiger partial charge on any atom is 0.307 e. The highest BCUT2D eigenvalue weighted by atomic mass is 16.5. The van der Waals surface area contributed by atoms with Gasteiger partial charge in [-0.1, -0.05) is 25.3 Å². The average molecular weight is 300 g/mol. The molecule has 0 aliphatic heterocycles. The molecule has 0 aromatic heterocycles. The van der Waals surface area contributed by atoms with Crippen molar-refractivity contribution >= 4 is 5.97 Å². The van der Waals surface area contributed by atoms with Gasteiger partial charge in [-0.05, 0) is 61.3 Å². The van der Waals surface area contributed by atoms with E-state index in [0.717, 1.165) is 31.6 Å². The van der Waals surface area contributed by atoms with Crippen molar-refractivity contribution in [3.63, 3.8) is 0 Å². The fourth-order valence-corrected chi connectivity index (χ4v) is 4.62. The van der Waals surface area contributed by atoms with Crippen LogP contribution < -0.4 is 4.74 Å². The van der Waals surface area contributed by atoms with E-state index in [9.17, 15) is 9.90 Å². The lowest BCUT2D eigenvalue weighted by molar-refractivity contribution is -0.139. The number of benzene rings is 1. The number of aliphatic carboxylic acids is 1. The van der Waals surface area contributed by atoms with Gasteiger partial charge in [-0.25, -0.2) is 0 Å². The molecule has 2 unspecified atom stereocenters. The van der Waals surface area contributed by atoms with Crippen molar-refractivity contribution in [3.05, 3.63) is 29.3 Å². The van der Waals surface area contributed by atoms with E-state index >= 15 is 0 Å². The third-order valence-electron chi connectivity index (χ3n) is 6.04. The number of hydrogen-bond donors (Lipinski definition) is 1. The van der Waals surface area contributed by atoms with Gasteiger partial charge in [0.1, 0.15) is 5.75 Å². The molecule has 118 valence electrons. The molecule has 2 atom stereocenters. The standard InChI is InChI=1S/C19H24O3/c20-18(21)17-11-19(17)9-8-14-10-15(6-7-16(14)19)22-12-13-4-2-1-3-5-13/h6-7,10,13,17H,1-5,8-9,11-12H2,(H,20,21). The molecular formula is C19H24O3. The summed E-state index contributed by atoms with van der Waals surface area (Å²) in [6.07, 6.45) is 9.47.